The summed E-state index contributed by atoms with van der Waals surface area (Å²) >= 11 is 0. The van der Waals surface area contributed by atoms with E-state index in [1.165, 1.54) is 31.4 Å². The highest BCUT2D eigenvalue weighted by molar-refractivity contribution is 5.18. The van der Waals surface area contributed by atoms with Gasteiger partial charge in [0.2, 0.25) is 0 Å². The summed E-state index contributed by atoms with van der Waals surface area (Å²) in [5.41, 5.74) is 2.51. The molecule has 128 valence electrons. The predicted molar refractivity (Wildman–Crippen MR) is 99.9 cm³/mol. The van der Waals surface area contributed by atoms with Gasteiger partial charge in [0.1, 0.15) is 0 Å². The van der Waals surface area contributed by atoms with Crippen molar-refractivity contribution in [3.63, 3.8) is 0 Å². The van der Waals surface area contributed by atoms with Gasteiger partial charge in [0, 0.05) is 0 Å². The lowest BCUT2D eigenvalue weighted by molar-refractivity contribution is 0.0585. The molecule has 0 spiro atoms. The van der Waals surface area contributed by atoms with Gasteiger partial charge in [-0.2, -0.15) is 0 Å². The molecule has 0 aromatic heterocycles. The van der Waals surface area contributed by atoms with Crippen molar-refractivity contribution in [3.05, 3.63) is 71.8 Å². The van der Waals surface area contributed by atoms with Crippen molar-refractivity contribution in [2.45, 2.75) is 38.2 Å². The SMILES string of the molecule is OC(c1ccccc1)C1CCN(CCCCc2ccccc2)CC1. The number of hydrogen-bond donors (Lipinski definition) is 1. The molecule has 2 aromatic carbocycles. The number of likely N-dealkylation sites (tertiary alicyclic amines) is 1. The third kappa shape index (κ3) is 4.93. The molecule has 1 atom stereocenters. The highest BCUT2D eigenvalue weighted by atomic mass is 16.3. The van der Waals surface area contributed by atoms with Crippen LogP contribution < -0.4 is 0 Å². The van der Waals surface area contributed by atoms with Gasteiger partial charge < -0.3 is 10.0 Å². The van der Waals surface area contributed by atoms with Crippen molar-refractivity contribution in [1.29, 1.82) is 0 Å². The molecule has 2 nitrogen and oxygen atoms in total. The van der Waals surface area contributed by atoms with Crippen LogP contribution in [0.1, 0.15) is 42.9 Å². The van der Waals surface area contributed by atoms with Crippen LogP contribution in [0, 0.1) is 5.92 Å². The van der Waals surface area contributed by atoms with E-state index < -0.39 is 0 Å². The lowest BCUT2D eigenvalue weighted by Gasteiger charge is -2.34. The molecule has 0 radical (unpaired) electrons. The van der Waals surface area contributed by atoms with Crippen molar-refractivity contribution in [2.75, 3.05) is 19.6 Å². The summed E-state index contributed by atoms with van der Waals surface area (Å²) in [4.78, 5) is 2.57. The molecule has 1 heterocycles. The monoisotopic (exact) mass is 323 g/mol. The standard InChI is InChI=1S/C22H29NO/c24-22(20-12-5-2-6-13-20)21-14-17-23(18-15-21)16-8-7-11-19-9-3-1-4-10-19/h1-6,9-10,12-13,21-22,24H,7-8,11,14-18H2. The molecule has 1 aliphatic heterocycles. The van der Waals surface area contributed by atoms with E-state index in [4.69, 9.17) is 0 Å². The number of nitrogens with zero attached hydrogens (tertiary/aromatic N) is 1. The Kier molecular flexibility index (Phi) is 6.45. The fraction of sp³-hybridized carbons (Fsp3) is 0.455. The molecule has 0 amide bonds. The minimum absolute atomic E-state index is 0.300. The maximum atomic E-state index is 10.6. The Morgan fingerprint density at radius 1 is 0.875 bits per heavy atom. The summed E-state index contributed by atoms with van der Waals surface area (Å²) in [6.45, 7) is 3.45. The molecule has 2 heteroatoms. The molecule has 1 saturated heterocycles. The minimum Gasteiger partial charge on any atom is -0.388 e. The van der Waals surface area contributed by atoms with Gasteiger partial charge in [-0.05, 0) is 68.8 Å². The zero-order valence-corrected chi connectivity index (χ0v) is 14.5. The van der Waals surface area contributed by atoms with Crippen LogP contribution in [0.15, 0.2) is 60.7 Å². The van der Waals surface area contributed by atoms with Gasteiger partial charge >= 0.3 is 0 Å². The topological polar surface area (TPSA) is 23.5 Å². The molecule has 2 aromatic rings. The van der Waals surface area contributed by atoms with Gasteiger partial charge in [0.25, 0.3) is 0 Å². The van der Waals surface area contributed by atoms with Crippen LogP contribution in [0.4, 0.5) is 0 Å². The number of aliphatic hydroxyl groups excluding tert-OH is 1. The molecule has 1 fully saturated rings. The second-order valence-corrected chi connectivity index (χ2v) is 6.98. The quantitative estimate of drug-likeness (QED) is 0.761. The highest BCUT2D eigenvalue weighted by Gasteiger charge is 2.25. The van der Waals surface area contributed by atoms with E-state index >= 15 is 0 Å². The number of piperidine rings is 1. The van der Waals surface area contributed by atoms with Crippen LogP contribution in [-0.4, -0.2) is 29.6 Å². The van der Waals surface area contributed by atoms with Gasteiger partial charge in [-0.25, -0.2) is 0 Å². The second-order valence-electron chi connectivity index (χ2n) is 6.98. The molecule has 0 saturated carbocycles. The van der Waals surface area contributed by atoms with Crippen LogP contribution in [0.25, 0.3) is 0 Å². The summed E-state index contributed by atoms with van der Waals surface area (Å²) in [5.74, 6) is 0.410. The summed E-state index contributed by atoms with van der Waals surface area (Å²) in [6.07, 6.45) is 5.62. The van der Waals surface area contributed by atoms with Crippen LogP contribution in [-0.2, 0) is 6.42 Å². The van der Waals surface area contributed by atoms with Crippen LogP contribution >= 0.6 is 0 Å². The first-order valence-electron chi connectivity index (χ1n) is 9.32. The fourth-order valence-electron chi connectivity index (χ4n) is 3.72. The first-order chi connectivity index (χ1) is 11.8. The van der Waals surface area contributed by atoms with Crippen molar-refractivity contribution in [2.24, 2.45) is 5.92 Å². The van der Waals surface area contributed by atoms with Gasteiger partial charge in [0.15, 0.2) is 0 Å². The van der Waals surface area contributed by atoms with Crippen molar-refractivity contribution in [3.8, 4) is 0 Å². The maximum Gasteiger partial charge on any atom is 0.0819 e. The summed E-state index contributed by atoms with van der Waals surface area (Å²) in [6, 6.07) is 20.9. The smallest absolute Gasteiger partial charge is 0.0819 e. The van der Waals surface area contributed by atoms with Crippen LogP contribution in [0.5, 0.6) is 0 Å². The Bertz CT molecular complexity index is 575. The number of benzene rings is 2. The third-order valence-corrected chi connectivity index (χ3v) is 5.25. The Morgan fingerprint density at radius 2 is 1.50 bits per heavy atom. The summed E-state index contributed by atoms with van der Waals surface area (Å²) < 4.78 is 0. The van der Waals surface area contributed by atoms with Crippen molar-refractivity contribution in [1.82, 2.24) is 4.90 Å². The number of hydrogen-bond acceptors (Lipinski definition) is 2. The van der Waals surface area contributed by atoms with E-state index in [1.807, 2.05) is 30.3 Å². The zero-order valence-electron chi connectivity index (χ0n) is 14.5. The molecular weight excluding hydrogens is 294 g/mol. The first-order valence-corrected chi connectivity index (χ1v) is 9.32. The van der Waals surface area contributed by atoms with Crippen LogP contribution in [0.2, 0.25) is 0 Å². The normalized spacial score (nSPS) is 17.7. The van der Waals surface area contributed by atoms with Crippen LogP contribution in [0.3, 0.4) is 0 Å². The fourth-order valence-corrected chi connectivity index (χ4v) is 3.72. The average Bonchev–Trinajstić information content (AvgIpc) is 2.67. The third-order valence-electron chi connectivity index (χ3n) is 5.25. The first kappa shape index (κ1) is 17.2. The number of aliphatic hydroxyl groups is 1. The van der Waals surface area contributed by atoms with E-state index in [-0.39, 0.29) is 6.10 Å². The number of unbranched alkanes of at least 4 members (excludes halogenated alkanes) is 1. The van der Waals surface area contributed by atoms with Gasteiger partial charge in [-0.1, -0.05) is 60.7 Å². The maximum absolute atomic E-state index is 10.6. The van der Waals surface area contributed by atoms with E-state index in [1.54, 1.807) is 0 Å². The zero-order chi connectivity index (χ0) is 16.6. The predicted octanol–water partition coefficient (Wildman–Crippen LogP) is 4.45. The molecule has 0 aliphatic carbocycles. The van der Waals surface area contributed by atoms with E-state index in [0.717, 1.165) is 31.5 Å². The summed E-state index contributed by atoms with van der Waals surface area (Å²) in [5, 5.41) is 10.6. The van der Waals surface area contributed by atoms with Gasteiger partial charge in [0.05, 0.1) is 6.10 Å². The van der Waals surface area contributed by atoms with E-state index in [9.17, 15) is 5.11 Å². The minimum atomic E-state index is -0.300. The van der Waals surface area contributed by atoms with E-state index in [0.29, 0.717) is 5.92 Å². The van der Waals surface area contributed by atoms with Gasteiger partial charge in [-0.3, -0.25) is 0 Å². The number of aryl methyl sites for hydroxylation is 1. The number of rotatable bonds is 7. The molecule has 24 heavy (non-hydrogen) atoms. The highest BCUT2D eigenvalue weighted by Crippen LogP contribution is 2.30. The Hall–Kier alpha value is -1.64. The Balaban J connectivity index is 1.35. The molecule has 3 rings (SSSR count). The average molecular weight is 323 g/mol. The van der Waals surface area contributed by atoms with E-state index in [2.05, 4.69) is 35.2 Å². The van der Waals surface area contributed by atoms with Crippen molar-refractivity contribution >= 4 is 0 Å². The Labute approximate surface area is 146 Å². The molecule has 1 unspecified atom stereocenters. The van der Waals surface area contributed by atoms with Crippen molar-refractivity contribution < 1.29 is 5.11 Å². The summed E-state index contributed by atoms with van der Waals surface area (Å²) in [7, 11) is 0. The second kappa shape index (κ2) is 9.00. The largest absolute Gasteiger partial charge is 0.388 e. The molecule has 1 N–H and O–H groups in total. The molecule has 0 bridgehead atoms. The molecular formula is C22H29NO. The lowest BCUT2D eigenvalue weighted by atomic mass is 9.87. The Morgan fingerprint density at radius 3 is 2.17 bits per heavy atom. The molecule has 1 aliphatic rings. The lowest BCUT2D eigenvalue weighted by Crippen LogP contribution is -2.36. The van der Waals surface area contributed by atoms with Gasteiger partial charge in [-0.15, -0.1) is 0 Å².